The zero-order valence-electron chi connectivity index (χ0n) is 7.12. The molecule has 0 saturated heterocycles. The summed E-state index contributed by atoms with van der Waals surface area (Å²) in [6, 6.07) is 0. The van der Waals surface area contributed by atoms with Gasteiger partial charge in [0.15, 0.2) is 0 Å². The second-order valence-corrected chi connectivity index (χ2v) is 1.13. The van der Waals surface area contributed by atoms with Crippen molar-refractivity contribution in [3.05, 3.63) is 25.3 Å². The van der Waals surface area contributed by atoms with Gasteiger partial charge in [-0.3, -0.25) is 0 Å². The van der Waals surface area contributed by atoms with Gasteiger partial charge in [-0.1, -0.05) is 27.0 Å². The molecule has 0 amide bonds. The van der Waals surface area contributed by atoms with Crippen molar-refractivity contribution in [2.75, 3.05) is 0 Å². The molecule has 0 aromatic rings. The molecule has 0 spiro atoms. The van der Waals surface area contributed by atoms with Gasteiger partial charge in [-0.2, -0.15) is 15.7 Å². The Balaban J connectivity index is 0. The standard InChI is InChI=1S/C6H9N3.C2H6/c1-3-5-7-9-8-6-4-2;1-2/h3-6,9H,1-2H2;1-2H3/b7-5+,8-6+;. The summed E-state index contributed by atoms with van der Waals surface area (Å²) in [7, 11) is 0. The number of rotatable bonds is 4. The predicted molar refractivity (Wildman–Crippen MR) is 51.9 cm³/mol. The summed E-state index contributed by atoms with van der Waals surface area (Å²) in [5.41, 5.74) is 2.38. The highest BCUT2D eigenvalue weighted by Gasteiger charge is 1.59. The monoisotopic (exact) mass is 153 g/mol. The Morgan fingerprint density at radius 2 is 1.36 bits per heavy atom. The van der Waals surface area contributed by atoms with E-state index in [-0.39, 0.29) is 0 Å². The molecule has 0 unspecified atom stereocenters. The zero-order valence-corrected chi connectivity index (χ0v) is 7.12. The second-order valence-electron chi connectivity index (χ2n) is 1.13. The maximum absolute atomic E-state index is 3.59. The van der Waals surface area contributed by atoms with E-state index < -0.39 is 0 Å². The van der Waals surface area contributed by atoms with Gasteiger partial charge in [-0.05, 0) is 12.2 Å². The van der Waals surface area contributed by atoms with Crippen LogP contribution in [0.15, 0.2) is 35.5 Å². The highest BCUT2D eigenvalue weighted by molar-refractivity contribution is 5.71. The SMILES string of the molecule is C=C/C=N/N/N=C/C=C.CC. The van der Waals surface area contributed by atoms with Gasteiger partial charge in [0.2, 0.25) is 0 Å². The molecule has 3 heteroatoms. The predicted octanol–water partition coefficient (Wildman–Crippen LogP) is 1.95. The van der Waals surface area contributed by atoms with Gasteiger partial charge in [0.1, 0.15) is 0 Å². The van der Waals surface area contributed by atoms with E-state index in [1.165, 1.54) is 12.4 Å². The van der Waals surface area contributed by atoms with E-state index in [0.717, 1.165) is 0 Å². The lowest BCUT2D eigenvalue weighted by molar-refractivity contribution is 0.820. The van der Waals surface area contributed by atoms with Gasteiger partial charge in [0, 0.05) is 12.4 Å². The number of allylic oxidation sites excluding steroid dienone is 2. The van der Waals surface area contributed by atoms with Crippen molar-refractivity contribution in [2.24, 2.45) is 10.2 Å². The van der Waals surface area contributed by atoms with Crippen LogP contribution < -0.4 is 5.53 Å². The van der Waals surface area contributed by atoms with Crippen LogP contribution in [0, 0.1) is 0 Å². The van der Waals surface area contributed by atoms with Crippen molar-refractivity contribution < 1.29 is 0 Å². The van der Waals surface area contributed by atoms with Gasteiger partial charge < -0.3 is 0 Å². The molecule has 0 rings (SSSR count). The molecule has 11 heavy (non-hydrogen) atoms. The molecule has 62 valence electrons. The summed E-state index contributed by atoms with van der Waals surface area (Å²) in [5, 5.41) is 7.18. The molecule has 0 atom stereocenters. The van der Waals surface area contributed by atoms with Crippen molar-refractivity contribution in [3.63, 3.8) is 0 Å². The first-order valence-electron chi connectivity index (χ1n) is 3.45. The van der Waals surface area contributed by atoms with Crippen LogP contribution in [0.1, 0.15) is 13.8 Å². The van der Waals surface area contributed by atoms with Gasteiger partial charge in [-0.15, -0.1) is 0 Å². The second kappa shape index (κ2) is 15.8. The third-order valence-electron chi connectivity index (χ3n) is 0.475. The number of nitrogens with one attached hydrogen (secondary N) is 1. The van der Waals surface area contributed by atoms with Crippen LogP contribution in [0.4, 0.5) is 0 Å². The maximum atomic E-state index is 3.59. The van der Waals surface area contributed by atoms with Crippen LogP contribution in [0.2, 0.25) is 0 Å². The minimum absolute atomic E-state index is 1.50. The van der Waals surface area contributed by atoms with E-state index >= 15 is 0 Å². The number of hydrogen-bond acceptors (Lipinski definition) is 3. The lowest BCUT2D eigenvalue weighted by atomic mass is 10.7. The first kappa shape index (κ1) is 12.3. The van der Waals surface area contributed by atoms with E-state index in [2.05, 4.69) is 28.9 Å². The maximum Gasteiger partial charge on any atom is 0.0483 e. The van der Waals surface area contributed by atoms with Crippen LogP contribution in [0.5, 0.6) is 0 Å². The van der Waals surface area contributed by atoms with Crippen LogP contribution in [0.25, 0.3) is 0 Å². The average Bonchev–Trinajstić information content (AvgIpc) is 2.08. The lowest BCUT2D eigenvalue weighted by Gasteiger charge is -1.82. The topological polar surface area (TPSA) is 36.8 Å². The normalized spacial score (nSPS) is 8.91. The van der Waals surface area contributed by atoms with Gasteiger partial charge in [-0.25, -0.2) is 0 Å². The fourth-order valence-electron chi connectivity index (χ4n) is 0.205. The van der Waals surface area contributed by atoms with E-state index in [4.69, 9.17) is 0 Å². The van der Waals surface area contributed by atoms with Crippen molar-refractivity contribution in [1.82, 2.24) is 5.53 Å². The summed E-state index contributed by atoms with van der Waals surface area (Å²) < 4.78 is 0. The third-order valence-corrected chi connectivity index (χ3v) is 0.475. The molecule has 0 aromatic heterocycles. The molecule has 1 N–H and O–H groups in total. The summed E-state index contributed by atoms with van der Waals surface area (Å²) in [4.78, 5) is 0. The molecular weight excluding hydrogens is 138 g/mol. The summed E-state index contributed by atoms with van der Waals surface area (Å²) in [5.74, 6) is 0. The smallest absolute Gasteiger partial charge is 0.0483 e. The Bertz CT molecular complexity index is 120. The fourth-order valence-corrected chi connectivity index (χ4v) is 0.205. The number of hydrogen-bond donors (Lipinski definition) is 1. The molecule has 0 aliphatic heterocycles. The summed E-state index contributed by atoms with van der Waals surface area (Å²) >= 11 is 0. The Hall–Kier alpha value is -1.38. The molecule has 0 saturated carbocycles. The Kier molecular flexibility index (Phi) is 17.7. The van der Waals surface area contributed by atoms with Gasteiger partial charge >= 0.3 is 0 Å². The first-order chi connectivity index (χ1) is 5.41. The lowest BCUT2D eigenvalue weighted by Crippen LogP contribution is -1.92. The molecular formula is C8H15N3. The summed E-state index contributed by atoms with van der Waals surface area (Å²) in [6.45, 7) is 10.8. The third kappa shape index (κ3) is 17.7. The average molecular weight is 153 g/mol. The van der Waals surface area contributed by atoms with E-state index in [9.17, 15) is 0 Å². The Morgan fingerprint density at radius 3 is 1.64 bits per heavy atom. The fraction of sp³-hybridized carbons (Fsp3) is 0.250. The zero-order chi connectivity index (χ0) is 8.95. The quantitative estimate of drug-likeness (QED) is 0.486. The Labute approximate surface area is 68.2 Å². The Morgan fingerprint density at radius 1 is 1.00 bits per heavy atom. The van der Waals surface area contributed by atoms with Crippen LogP contribution in [-0.4, -0.2) is 12.4 Å². The van der Waals surface area contributed by atoms with Crippen molar-refractivity contribution in [2.45, 2.75) is 13.8 Å². The van der Waals surface area contributed by atoms with Crippen LogP contribution in [-0.2, 0) is 0 Å². The molecule has 3 nitrogen and oxygen atoms in total. The number of nitrogens with zero attached hydrogens (tertiary/aromatic N) is 2. The van der Waals surface area contributed by atoms with Crippen molar-refractivity contribution in [3.8, 4) is 0 Å². The van der Waals surface area contributed by atoms with Crippen molar-refractivity contribution in [1.29, 1.82) is 0 Å². The molecule has 0 fully saturated rings. The van der Waals surface area contributed by atoms with Gasteiger partial charge in [0.05, 0.1) is 0 Å². The van der Waals surface area contributed by atoms with E-state index in [1.807, 2.05) is 13.8 Å². The molecule has 0 radical (unpaired) electrons. The molecule has 0 heterocycles. The summed E-state index contributed by atoms with van der Waals surface area (Å²) in [6.07, 6.45) is 6.10. The van der Waals surface area contributed by atoms with Crippen LogP contribution >= 0.6 is 0 Å². The highest BCUT2D eigenvalue weighted by Crippen LogP contribution is 1.59. The van der Waals surface area contributed by atoms with E-state index in [1.54, 1.807) is 12.2 Å². The van der Waals surface area contributed by atoms with Crippen molar-refractivity contribution >= 4 is 12.4 Å². The molecule has 0 aliphatic rings. The van der Waals surface area contributed by atoms with Gasteiger partial charge in [0.25, 0.3) is 0 Å². The van der Waals surface area contributed by atoms with E-state index in [0.29, 0.717) is 0 Å². The minimum atomic E-state index is 1.50. The first-order valence-corrected chi connectivity index (χ1v) is 3.45. The molecule has 0 aliphatic carbocycles. The molecule has 0 bridgehead atoms. The van der Waals surface area contributed by atoms with Crippen LogP contribution in [0.3, 0.4) is 0 Å². The highest BCUT2D eigenvalue weighted by atomic mass is 15.5. The number of hydrazone groups is 2. The minimum Gasteiger partial charge on any atom is -0.198 e. The molecule has 0 aromatic carbocycles. The largest absolute Gasteiger partial charge is 0.198 e.